The van der Waals surface area contributed by atoms with Crippen LogP contribution in [0.5, 0.6) is 0 Å². The molecule has 0 aliphatic heterocycles. The Morgan fingerprint density at radius 2 is 2.15 bits per heavy atom. The monoisotopic (exact) mass is 222 g/mol. The first-order chi connectivity index (χ1) is 5.82. The predicted molar refractivity (Wildman–Crippen MR) is 47.0 cm³/mol. The first-order valence-corrected chi connectivity index (χ1v) is 5.54. The molecule has 1 aromatic rings. The average Bonchev–Trinajstić information content (AvgIpc) is 2.29. The van der Waals surface area contributed by atoms with E-state index in [4.69, 9.17) is 16.4 Å². The maximum atomic E-state index is 10.8. The van der Waals surface area contributed by atoms with Crippen LogP contribution < -0.4 is 5.73 Å². The van der Waals surface area contributed by atoms with Crippen molar-refractivity contribution in [3.05, 3.63) is 18.0 Å². The van der Waals surface area contributed by atoms with Gasteiger partial charge >= 0.3 is 0 Å². The number of carbonyl (C=O) groups excluding carboxylic acids is 1. The minimum absolute atomic E-state index is 0.0965. The molecule has 1 aromatic heterocycles. The molecule has 0 aliphatic carbocycles. The minimum Gasteiger partial charge on any atom is -0.364 e. The van der Waals surface area contributed by atoms with Crippen molar-refractivity contribution >= 4 is 25.6 Å². The van der Waals surface area contributed by atoms with E-state index in [0.717, 1.165) is 6.07 Å². The molecular formula is C6H7ClN2O3S. The molecule has 0 aromatic carbocycles. The van der Waals surface area contributed by atoms with Gasteiger partial charge in [0.2, 0.25) is 0 Å². The molecule has 2 N–H and O–H groups in total. The highest BCUT2D eigenvalue weighted by molar-refractivity contribution is 8.13. The number of primary amides is 1. The number of carbonyl (C=O) groups is 1. The lowest BCUT2D eigenvalue weighted by molar-refractivity contribution is 0.0992. The number of nitrogens with zero attached hydrogens (tertiary/aromatic N) is 1. The van der Waals surface area contributed by atoms with E-state index in [1.807, 2.05) is 0 Å². The highest BCUT2D eigenvalue weighted by Crippen LogP contribution is 2.17. The second-order valence-electron chi connectivity index (χ2n) is 2.47. The van der Waals surface area contributed by atoms with Crippen LogP contribution in [0.15, 0.2) is 17.2 Å². The van der Waals surface area contributed by atoms with Gasteiger partial charge in [0.25, 0.3) is 15.0 Å². The number of nitrogens with two attached hydrogens (primary N) is 1. The summed E-state index contributed by atoms with van der Waals surface area (Å²) >= 11 is 0. The Labute approximate surface area is 79.5 Å². The number of hydrogen-bond donors (Lipinski definition) is 1. The van der Waals surface area contributed by atoms with E-state index in [-0.39, 0.29) is 10.6 Å². The molecular weight excluding hydrogens is 216 g/mol. The molecule has 1 heterocycles. The van der Waals surface area contributed by atoms with Crippen molar-refractivity contribution < 1.29 is 13.2 Å². The SMILES string of the molecule is Cn1cc(S(=O)(=O)Cl)cc1C(N)=O. The molecule has 0 aliphatic rings. The lowest BCUT2D eigenvalue weighted by atomic mass is 10.4. The maximum absolute atomic E-state index is 10.8. The van der Waals surface area contributed by atoms with Crippen LogP contribution in [-0.4, -0.2) is 18.9 Å². The predicted octanol–water partition coefficient (Wildman–Crippen LogP) is 0.0515. The highest BCUT2D eigenvalue weighted by atomic mass is 35.7. The number of halogens is 1. The number of aryl methyl sites for hydroxylation is 1. The van der Waals surface area contributed by atoms with Gasteiger partial charge in [-0.1, -0.05) is 0 Å². The van der Waals surface area contributed by atoms with E-state index in [1.165, 1.54) is 17.8 Å². The molecule has 7 heteroatoms. The fraction of sp³-hybridized carbons (Fsp3) is 0.167. The summed E-state index contributed by atoms with van der Waals surface area (Å²) in [5.41, 5.74) is 5.07. The molecule has 0 radical (unpaired) electrons. The third-order valence-corrected chi connectivity index (χ3v) is 2.83. The van der Waals surface area contributed by atoms with Crippen LogP contribution in [-0.2, 0) is 16.1 Å². The zero-order valence-electron chi connectivity index (χ0n) is 6.69. The summed E-state index contributed by atoms with van der Waals surface area (Å²) in [6.07, 6.45) is 1.22. The number of amides is 1. The van der Waals surface area contributed by atoms with E-state index in [9.17, 15) is 13.2 Å². The maximum Gasteiger partial charge on any atom is 0.265 e. The summed E-state index contributed by atoms with van der Waals surface area (Å²) in [6.45, 7) is 0. The molecule has 0 bridgehead atoms. The minimum atomic E-state index is -3.79. The van der Waals surface area contributed by atoms with Crippen molar-refractivity contribution in [1.29, 1.82) is 0 Å². The fourth-order valence-corrected chi connectivity index (χ4v) is 1.70. The summed E-state index contributed by atoms with van der Waals surface area (Å²) in [7, 11) is 2.77. The van der Waals surface area contributed by atoms with Crippen LogP contribution >= 0.6 is 10.7 Å². The first-order valence-electron chi connectivity index (χ1n) is 3.23. The second-order valence-corrected chi connectivity index (χ2v) is 5.04. The van der Waals surface area contributed by atoms with Gasteiger partial charge in [-0.15, -0.1) is 0 Å². The Morgan fingerprint density at radius 1 is 1.62 bits per heavy atom. The van der Waals surface area contributed by atoms with E-state index < -0.39 is 15.0 Å². The third-order valence-electron chi connectivity index (χ3n) is 1.51. The average molecular weight is 223 g/mol. The highest BCUT2D eigenvalue weighted by Gasteiger charge is 2.16. The van der Waals surface area contributed by atoms with E-state index in [1.54, 1.807) is 0 Å². The van der Waals surface area contributed by atoms with Crippen LogP contribution in [0.25, 0.3) is 0 Å². The molecule has 0 spiro atoms. The number of aromatic nitrogens is 1. The normalized spacial score (nSPS) is 11.5. The summed E-state index contributed by atoms with van der Waals surface area (Å²) in [5.74, 6) is -0.700. The van der Waals surface area contributed by atoms with E-state index >= 15 is 0 Å². The van der Waals surface area contributed by atoms with Gasteiger partial charge in [0, 0.05) is 23.9 Å². The van der Waals surface area contributed by atoms with Gasteiger partial charge in [0.1, 0.15) is 10.6 Å². The van der Waals surface area contributed by atoms with Crippen molar-refractivity contribution in [3.8, 4) is 0 Å². The lowest BCUT2D eigenvalue weighted by Gasteiger charge is -1.94. The van der Waals surface area contributed by atoms with Crippen LogP contribution in [0.3, 0.4) is 0 Å². The molecule has 0 saturated carbocycles. The first kappa shape index (κ1) is 10.1. The quantitative estimate of drug-likeness (QED) is 0.718. The molecule has 0 fully saturated rings. The Bertz CT molecular complexity index is 448. The Kier molecular flexibility index (Phi) is 2.36. The van der Waals surface area contributed by atoms with Crippen molar-refractivity contribution in [2.24, 2.45) is 12.8 Å². The summed E-state index contributed by atoms with van der Waals surface area (Å²) in [4.78, 5) is 10.6. The standard InChI is InChI=1S/C6H7ClN2O3S/c1-9-3-4(13(7,11)12)2-5(9)6(8)10/h2-3H,1H3,(H2,8,10). The largest absolute Gasteiger partial charge is 0.364 e. The van der Waals surface area contributed by atoms with Gasteiger partial charge in [-0.25, -0.2) is 8.42 Å². The molecule has 0 unspecified atom stereocenters. The van der Waals surface area contributed by atoms with Crippen molar-refractivity contribution in [2.75, 3.05) is 0 Å². The molecule has 1 amide bonds. The number of rotatable bonds is 2. The second kappa shape index (κ2) is 3.04. The fourth-order valence-electron chi connectivity index (χ4n) is 0.913. The van der Waals surface area contributed by atoms with Crippen LogP contribution in [0.4, 0.5) is 0 Å². The van der Waals surface area contributed by atoms with Gasteiger partial charge in [0.15, 0.2) is 0 Å². The molecule has 5 nitrogen and oxygen atoms in total. The van der Waals surface area contributed by atoms with Crippen molar-refractivity contribution in [3.63, 3.8) is 0 Å². The summed E-state index contributed by atoms with van der Waals surface area (Å²) < 4.78 is 22.9. The van der Waals surface area contributed by atoms with Gasteiger partial charge in [0.05, 0.1) is 0 Å². The van der Waals surface area contributed by atoms with Gasteiger partial charge in [-0.2, -0.15) is 0 Å². The molecule has 13 heavy (non-hydrogen) atoms. The van der Waals surface area contributed by atoms with E-state index in [2.05, 4.69) is 0 Å². The van der Waals surface area contributed by atoms with Crippen LogP contribution in [0, 0.1) is 0 Å². The number of hydrogen-bond acceptors (Lipinski definition) is 3. The molecule has 0 atom stereocenters. The molecule has 0 saturated heterocycles. The van der Waals surface area contributed by atoms with Crippen LogP contribution in [0.2, 0.25) is 0 Å². The Balaban J connectivity index is 3.33. The van der Waals surface area contributed by atoms with Gasteiger partial charge in [-0.3, -0.25) is 4.79 Å². The van der Waals surface area contributed by atoms with Crippen molar-refractivity contribution in [2.45, 2.75) is 4.90 Å². The summed E-state index contributed by atoms with van der Waals surface area (Å²) in [5, 5.41) is 0. The molecule has 72 valence electrons. The lowest BCUT2D eigenvalue weighted by Crippen LogP contribution is -2.14. The van der Waals surface area contributed by atoms with E-state index in [0.29, 0.717) is 0 Å². The van der Waals surface area contributed by atoms with Crippen molar-refractivity contribution in [1.82, 2.24) is 4.57 Å². The smallest absolute Gasteiger partial charge is 0.265 e. The Morgan fingerprint density at radius 3 is 2.38 bits per heavy atom. The zero-order valence-corrected chi connectivity index (χ0v) is 8.26. The van der Waals surface area contributed by atoms with Gasteiger partial charge < -0.3 is 10.3 Å². The Hall–Kier alpha value is -1.01. The third kappa shape index (κ3) is 2.02. The van der Waals surface area contributed by atoms with Crippen LogP contribution in [0.1, 0.15) is 10.5 Å². The zero-order chi connectivity index (χ0) is 10.2. The van der Waals surface area contributed by atoms with Gasteiger partial charge in [-0.05, 0) is 6.07 Å². The summed E-state index contributed by atoms with van der Waals surface area (Å²) in [6, 6.07) is 1.13. The molecule has 1 rings (SSSR count). The topological polar surface area (TPSA) is 82.2 Å².